The molecule has 3 rings (SSSR count). The lowest BCUT2D eigenvalue weighted by molar-refractivity contribution is -0.114. The van der Waals surface area contributed by atoms with E-state index in [-0.39, 0.29) is 15.6 Å². The maximum atomic E-state index is 13.6. The molecular formula is C22H20ClFN2O3S. The third-order valence-corrected chi connectivity index (χ3v) is 6.55. The molecule has 0 atom stereocenters. The zero-order chi connectivity index (χ0) is 21.9. The quantitative estimate of drug-likeness (QED) is 0.583. The van der Waals surface area contributed by atoms with E-state index in [0.29, 0.717) is 5.69 Å². The van der Waals surface area contributed by atoms with E-state index < -0.39 is 28.3 Å². The first-order valence-corrected chi connectivity index (χ1v) is 10.9. The SMILES string of the molecule is Cc1ccc(C)c(NC(=O)CN(c2ccc(F)c(Cl)c2)S(=O)(=O)c2ccccc2)c1. The Hall–Kier alpha value is -2.90. The number of hydrogen-bond donors (Lipinski definition) is 1. The predicted molar refractivity (Wildman–Crippen MR) is 117 cm³/mol. The lowest BCUT2D eigenvalue weighted by atomic mass is 10.1. The van der Waals surface area contributed by atoms with Crippen molar-refractivity contribution in [3.8, 4) is 0 Å². The van der Waals surface area contributed by atoms with E-state index in [2.05, 4.69) is 5.32 Å². The van der Waals surface area contributed by atoms with Crippen molar-refractivity contribution in [1.82, 2.24) is 0 Å². The van der Waals surface area contributed by atoms with Gasteiger partial charge in [-0.15, -0.1) is 0 Å². The molecule has 0 spiro atoms. The molecule has 0 aliphatic heterocycles. The van der Waals surface area contributed by atoms with Gasteiger partial charge in [-0.05, 0) is 61.4 Å². The zero-order valence-corrected chi connectivity index (χ0v) is 18.0. The van der Waals surface area contributed by atoms with Gasteiger partial charge in [-0.2, -0.15) is 0 Å². The number of carbonyl (C=O) groups is 1. The molecule has 0 aromatic heterocycles. The second-order valence-corrected chi connectivity index (χ2v) is 9.06. The van der Waals surface area contributed by atoms with Crippen LogP contribution in [-0.4, -0.2) is 20.9 Å². The van der Waals surface area contributed by atoms with E-state index in [1.807, 2.05) is 26.0 Å². The number of nitrogens with one attached hydrogen (secondary N) is 1. The molecule has 0 aliphatic carbocycles. The third kappa shape index (κ3) is 4.80. The van der Waals surface area contributed by atoms with Crippen LogP contribution in [0.3, 0.4) is 0 Å². The monoisotopic (exact) mass is 446 g/mol. The summed E-state index contributed by atoms with van der Waals surface area (Å²) in [7, 11) is -4.10. The normalized spacial score (nSPS) is 11.2. The van der Waals surface area contributed by atoms with Crippen molar-refractivity contribution < 1.29 is 17.6 Å². The Kier molecular flexibility index (Phi) is 6.43. The molecule has 1 amide bonds. The molecule has 0 heterocycles. The number of rotatable bonds is 6. The molecule has 0 bridgehead atoms. The molecule has 0 aliphatic rings. The van der Waals surface area contributed by atoms with Crippen LogP contribution in [0, 0.1) is 19.7 Å². The molecule has 5 nitrogen and oxygen atoms in total. The molecule has 3 aromatic rings. The van der Waals surface area contributed by atoms with E-state index in [9.17, 15) is 17.6 Å². The summed E-state index contributed by atoms with van der Waals surface area (Å²) >= 11 is 5.86. The third-order valence-electron chi connectivity index (χ3n) is 4.48. The highest BCUT2D eigenvalue weighted by atomic mass is 35.5. The van der Waals surface area contributed by atoms with Crippen molar-refractivity contribution in [3.63, 3.8) is 0 Å². The minimum Gasteiger partial charge on any atom is -0.324 e. The summed E-state index contributed by atoms with van der Waals surface area (Å²) < 4.78 is 41.0. The van der Waals surface area contributed by atoms with Crippen LogP contribution in [0.5, 0.6) is 0 Å². The second kappa shape index (κ2) is 8.85. The van der Waals surface area contributed by atoms with E-state index in [1.54, 1.807) is 24.3 Å². The number of aryl methyl sites for hydroxylation is 2. The average molecular weight is 447 g/mol. The summed E-state index contributed by atoms with van der Waals surface area (Å²) in [6, 6.07) is 16.8. The van der Waals surface area contributed by atoms with Crippen molar-refractivity contribution in [3.05, 3.63) is 88.7 Å². The number of nitrogens with zero attached hydrogens (tertiary/aromatic N) is 1. The van der Waals surface area contributed by atoms with Crippen molar-refractivity contribution in [2.24, 2.45) is 0 Å². The van der Waals surface area contributed by atoms with Crippen molar-refractivity contribution >= 4 is 38.9 Å². The molecule has 30 heavy (non-hydrogen) atoms. The Morgan fingerprint density at radius 3 is 2.40 bits per heavy atom. The van der Waals surface area contributed by atoms with Gasteiger partial charge in [0.15, 0.2) is 0 Å². The molecule has 0 radical (unpaired) electrons. The Morgan fingerprint density at radius 1 is 1.03 bits per heavy atom. The minimum absolute atomic E-state index is 0.00461. The van der Waals surface area contributed by atoms with Gasteiger partial charge in [0.1, 0.15) is 12.4 Å². The fraction of sp³-hybridized carbons (Fsp3) is 0.136. The maximum Gasteiger partial charge on any atom is 0.264 e. The number of amides is 1. The number of carbonyl (C=O) groups excluding carboxylic acids is 1. The van der Waals surface area contributed by atoms with E-state index in [1.165, 1.54) is 24.3 Å². The Bertz CT molecular complexity index is 1180. The highest BCUT2D eigenvalue weighted by molar-refractivity contribution is 7.92. The molecule has 0 unspecified atom stereocenters. The maximum absolute atomic E-state index is 13.6. The molecule has 0 fully saturated rings. The van der Waals surface area contributed by atoms with Gasteiger partial charge >= 0.3 is 0 Å². The van der Waals surface area contributed by atoms with Gasteiger partial charge < -0.3 is 5.32 Å². The molecule has 0 saturated carbocycles. The van der Waals surface area contributed by atoms with Gasteiger partial charge in [-0.3, -0.25) is 9.10 Å². The Labute approximate surface area is 180 Å². The molecule has 8 heteroatoms. The topological polar surface area (TPSA) is 66.5 Å². The number of anilines is 2. The zero-order valence-electron chi connectivity index (χ0n) is 16.4. The highest BCUT2D eigenvalue weighted by Gasteiger charge is 2.27. The summed E-state index contributed by atoms with van der Waals surface area (Å²) in [5.74, 6) is -1.22. The van der Waals surface area contributed by atoms with Crippen LogP contribution in [0.25, 0.3) is 0 Å². The first-order chi connectivity index (χ1) is 14.2. The average Bonchev–Trinajstić information content (AvgIpc) is 2.71. The van der Waals surface area contributed by atoms with Crippen LogP contribution < -0.4 is 9.62 Å². The number of halogens is 2. The molecular weight excluding hydrogens is 427 g/mol. The molecule has 156 valence electrons. The first-order valence-electron chi connectivity index (χ1n) is 9.08. The fourth-order valence-electron chi connectivity index (χ4n) is 2.87. The summed E-state index contributed by atoms with van der Waals surface area (Å²) in [5.41, 5.74) is 2.47. The standard InChI is InChI=1S/C22H20ClFN2O3S/c1-15-8-9-16(2)21(12-15)25-22(27)14-26(17-10-11-20(24)19(23)13-17)30(28,29)18-6-4-3-5-7-18/h3-13H,14H2,1-2H3,(H,25,27). The van der Waals surface area contributed by atoms with Gasteiger partial charge in [0.2, 0.25) is 5.91 Å². The second-order valence-electron chi connectivity index (χ2n) is 6.79. The predicted octanol–water partition coefficient (Wildman–Crippen LogP) is 4.93. The van der Waals surface area contributed by atoms with Gasteiger partial charge in [-0.1, -0.05) is 41.9 Å². The highest BCUT2D eigenvalue weighted by Crippen LogP contribution is 2.28. The number of benzene rings is 3. The van der Waals surface area contributed by atoms with Crippen molar-refractivity contribution in [2.45, 2.75) is 18.7 Å². The van der Waals surface area contributed by atoms with Gasteiger partial charge in [0, 0.05) is 5.69 Å². The molecule has 1 N–H and O–H groups in total. The summed E-state index contributed by atoms with van der Waals surface area (Å²) in [6.07, 6.45) is 0. The Morgan fingerprint density at radius 2 is 1.73 bits per heavy atom. The van der Waals surface area contributed by atoms with Crippen LogP contribution in [-0.2, 0) is 14.8 Å². The van der Waals surface area contributed by atoms with Crippen LogP contribution in [0.2, 0.25) is 5.02 Å². The molecule has 3 aromatic carbocycles. The van der Waals surface area contributed by atoms with Gasteiger partial charge in [0.25, 0.3) is 10.0 Å². The van der Waals surface area contributed by atoms with Crippen molar-refractivity contribution in [2.75, 3.05) is 16.2 Å². The number of sulfonamides is 1. The van der Waals surface area contributed by atoms with Gasteiger partial charge in [0.05, 0.1) is 15.6 Å². The van der Waals surface area contributed by atoms with E-state index >= 15 is 0 Å². The van der Waals surface area contributed by atoms with Gasteiger partial charge in [-0.25, -0.2) is 12.8 Å². The van der Waals surface area contributed by atoms with E-state index in [0.717, 1.165) is 21.5 Å². The number of hydrogen-bond acceptors (Lipinski definition) is 3. The first kappa shape index (κ1) is 21.8. The van der Waals surface area contributed by atoms with Crippen molar-refractivity contribution in [1.29, 1.82) is 0 Å². The van der Waals surface area contributed by atoms with Crippen LogP contribution in [0.1, 0.15) is 11.1 Å². The summed E-state index contributed by atoms with van der Waals surface area (Å²) in [4.78, 5) is 12.8. The largest absolute Gasteiger partial charge is 0.324 e. The minimum atomic E-state index is -4.10. The lowest BCUT2D eigenvalue weighted by Gasteiger charge is -2.24. The van der Waals surface area contributed by atoms with Crippen LogP contribution in [0.4, 0.5) is 15.8 Å². The molecule has 0 saturated heterocycles. The van der Waals surface area contributed by atoms with Crippen LogP contribution in [0.15, 0.2) is 71.6 Å². The fourth-order valence-corrected chi connectivity index (χ4v) is 4.47. The summed E-state index contributed by atoms with van der Waals surface area (Å²) in [6.45, 7) is 3.22. The lowest BCUT2D eigenvalue weighted by Crippen LogP contribution is -2.38. The van der Waals surface area contributed by atoms with Crippen LogP contribution >= 0.6 is 11.6 Å². The summed E-state index contributed by atoms with van der Waals surface area (Å²) in [5, 5.41) is 2.51. The Balaban J connectivity index is 1.98. The van der Waals surface area contributed by atoms with E-state index in [4.69, 9.17) is 11.6 Å². The smallest absolute Gasteiger partial charge is 0.264 e.